The molecule has 1 aromatic carbocycles. The molecule has 0 spiro atoms. The van der Waals surface area contributed by atoms with Gasteiger partial charge in [-0.25, -0.2) is 22.0 Å². The molecule has 0 heterocycles. The summed E-state index contributed by atoms with van der Waals surface area (Å²) in [6, 6.07) is 0. The lowest BCUT2D eigenvalue weighted by molar-refractivity contribution is -0.00170. The molecule has 7 heteroatoms. The predicted molar refractivity (Wildman–Crippen MR) is 119 cm³/mol. The molecule has 8 aliphatic rings. The van der Waals surface area contributed by atoms with Gasteiger partial charge in [0.1, 0.15) is 5.69 Å². The first-order valence-electron chi connectivity index (χ1n) is 13.1. The second kappa shape index (κ2) is 7.19. The molecule has 34 heavy (non-hydrogen) atoms. The third kappa shape index (κ3) is 3.06. The van der Waals surface area contributed by atoms with Crippen molar-refractivity contribution in [3.63, 3.8) is 0 Å². The summed E-state index contributed by atoms with van der Waals surface area (Å²) in [7, 11) is 0. The van der Waals surface area contributed by atoms with Crippen LogP contribution < -0.4 is 4.90 Å². The Bertz CT molecular complexity index is 966. The van der Waals surface area contributed by atoms with Crippen LogP contribution in [0, 0.1) is 64.6 Å². The second-order valence-electron chi connectivity index (χ2n) is 12.8. The molecule has 0 atom stereocenters. The molecule has 0 aromatic heterocycles. The van der Waals surface area contributed by atoms with E-state index in [9.17, 15) is 13.2 Å². The van der Waals surface area contributed by atoms with Crippen molar-refractivity contribution in [1.29, 1.82) is 0 Å². The molecule has 0 amide bonds. The summed E-state index contributed by atoms with van der Waals surface area (Å²) >= 11 is 0. The van der Waals surface area contributed by atoms with Gasteiger partial charge in [0.25, 0.3) is 0 Å². The molecule has 8 aliphatic carbocycles. The van der Waals surface area contributed by atoms with Crippen LogP contribution in [0.25, 0.3) is 0 Å². The highest BCUT2D eigenvalue weighted by Crippen LogP contribution is 2.60. The Morgan fingerprint density at radius 3 is 1.32 bits per heavy atom. The first-order chi connectivity index (χ1) is 16.2. The third-order valence-corrected chi connectivity index (χ3v) is 10.4. The highest BCUT2D eigenvalue weighted by molar-refractivity contribution is 5.82. The van der Waals surface area contributed by atoms with Gasteiger partial charge in [0.05, 0.1) is 11.9 Å². The molecule has 0 aliphatic heterocycles. The summed E-state index contributed by atoms with van der Waals surface area (Å²) in [5.74, 6) is -6.02. The van der Waals surface area contributed by atoms with E-state index in [1.165, 1.54) is 30.5 Å². The van der Waals surface area contributed by atoms with E-state index in [4.69, 9.17) is 4.99 Å². The zero-order valence-corrected chi connectivity index (χ0v) is 19.3. The lowest BCUT2D eigenvalue weighted by Gasteiger charge is -2.60. The van der Waals surface area contributed by atoms with Gasteiger partial charge in [0, 0.05) is 5.54 Å². The number of hydrogen-bond acceptors (Lipinski definition) is 1. The van der Waals surface area contributed by atoms with Gasteiger partial charge in [-0.1, -0.05) is 0 Å². The van der Waals surface area contributed by atoms with Crippen molar-refractivity contribution in [2.45, 2.75) is 88.1 Å². The summed E-state index contributed by atoms with van der Waals surface area (Å²) in [4.78, 5) is 6.48. The minimum Gasteiger partial charge on any atom is -0.321 e. The summed E-state index contributed by atoms with van der Waals surface area (Å²) in [5, 5.41) is 0. The van der Waals surface area contributed by atoms with Crippen molar-refractivity contribution in [2.24, 2.45) is 40.5 Å². The van der Waals surface area contributed by atoms with Crippen molar-refractivity contribution in [2.75, 3.05) is 4.90 Å². The van der Waals surface area contributed by atoms with Crippen molar-refractivity contribution < 1.29 is 22.0 Å². The SMILES string of the molecule is Fc1c(F)c(F)c(N(C=NC23CC4CC(CC(C4)C2)C3)C23CC4CC(CC(C4)C2)C3)c(F)c1F. The van der Waals surface area contributed by atoms with Crippen LogP contribution in [-0.4, -0.2) is 17.4 Å². The van der Waals surface area contributed by atoms with Gasteiger partial charge in [-0.3, -0.25) is 4.99 Å². The Kier molecular flexibility index (Phi) is 4.57. The maximum atomic E-state index is 15.2. The topological polar surface area (TPSA) is 15.6 Å². The average molecular weight is 479 g/mol. The molecule has 8 bridgehead atoms. The first kappa shape index (κ1) is 21.6. The highest BCUT2D eigenvalue weighted by atomic mass is 19.2. The lowest BCUT2D eigenvalue weighted by Crippen LogP contribution is -2.60. The molecule has 8 saturated carbocycles. The van der Waals surface area contributed by atoms with E-state index in [1.54, 1.807) is 0 Å². The molecule has 9 rings (SSSR count). The van der Waals surface area contributed by atoms with Gasteiger partial charge in [0.2, 0.25) is 5.82 Å². The molecule has 0 radical (unpaired) electrons. The van der Waals surface area contributed by atoms with Gasteiger partial charge in [-0.05, 0) is 113 Å². The number of hydrogen-bond donors (Lipinski definition) is 0. The molecule has 0 N–H and O–H groups in total. The number of benzene rings is 1. The minimum absolute atomic E-state index is 0.251. The number of rotatable bonds is 4. The normalized spacial score (nSPS) is 43.9. The number of nitrogens with zero attached hydrogens (tertiary/aromatic N) is 2. The predicted octanol–water partition coefficient (Wildman–Crippen LogP) is 7.15. The van der Waals surface area contributed by atoms with Gasteiger partial charge in [-0.2, -0.15) is 0 Å². The average Bonchev–Trinajstić information content (AvgIpc) is 2.76. The van der Waals surface area contributed by atoms with Crippen LogP contribution in [0.5, 0.6) is 0 Å². The Morgan fingerprint density at radius 2 is 0.912 bits per heavy atom. The largest absolute Gasteiger partial charge is 0.321 e. The highest BCUT2D eigenvalue weighted by Gasteiger charge is 2.56. The van der Waals surface area contributed by atoms with Gasteiger partial charge in [0.15, 0.2) is 23.3 Å². The van der Waals surface area contributed by atoms with Crippen LogP contribution in [0.2, 0.25) is 0 Å². The molecule has 1 aromatic rings. The lowest BCUT2D eigenvalue weighted by atomic mass is 9.52. The Hall–Kier alpha value is -1.66. The molecular weight excluding hydrogens is 447 g/mol. The number of halogens is 5. The van der Waals surface area contributed by atoms with Crippen LogP contribution in [0.3, 0.4) is 0 Å². The maximum Gasteiger partial charge on any atom is 0.200 e. The molecule has 0 saturated heterocycles. The van der Waals surface area contributed by atoms with E-state index in [0.29, 0.717) is 35.5 Å². The van der Waals surface area contributed by atoms with Crippen LogP contribution in [0.1, 0.15) is 77.0 Å². The Labute approximate surface area is 197 Å². The standard InChI is InChI=1S/C27H31F5N2/c28-20-21(29)23(31)25(24(32)22(20)30)34(27-10-17-4-18(11-27)6-19(5-17)12-27)13-33-26-7-14-1-15(8-26)3-16(2-14)9-26/h13-19H,1-12H2. The zero-order valence-electron chi connectivity index (χ0n) is 19.3. The Balaban J connectivity index is 1.35. The fourth-order valence-electron chi connectivity index (χ4n) is 9.99. The van der Waals surface area contributed by atoms with Crippen LogP contribution >= 0.6 is 0 Å². The summed E-state index contributed by atoms with van der Waals surface area (Å²) in [6.45, 7) is 0. The molecule has 0 unspecified atom stereocenters. The van der Waals surface area contributed by atoms with E-state index in [1.807, 2.05) is 0 Å². The third-order valence-electron chi connectivity index (χ3n) is 10.4. The molecule has 184 valence electrons. The van der Waals surface area contributed by atoms with Gasteiger partial charge < -0.3 is 4.90 Å². The van der Waals surface area contributed by atoms with E-state index >= 15 is 8.78 Å². The smallest absolute Gasteiger partial charge is 0.200 e. The fraction of sp³-hybridized carbons (Fsp3) is 0.741. The molecule has 2 nitrogen and oxygen atoms in total. The molecular formula is C27H31F5N2. The van der Waals surface area contributed by atoms with Gasteiger partial charge >= 0.3 is 0 Å². The molecule has 8 fully saturated rings. The first-order valence-corrected chi connectivity index (χ1v) is 13.1. The number of anilines is 1. The van der Waals surface area contributed by atoms with E-state index in [-0.39, 0.29) is 5.54 Å². The van der Waals surface area contributed by atoms with Crippen molar-refractivity contribution in [1.82, 2.24) is 0 Å². The zero-order chi connectivity index (χ0) is 23.4. The van der Waals surface area contributed by atoms with E-state index in [2.05, 4.69) is 0 Å². The van der Waals surface area contributed by atoms with Crippen molar-refractivity contribution >= 4 is 12.0 Å². The van der Waals surface area contributed by atoms with Crippen molar-refractivity contribution in [3.05, 3.63) is 29.1 Å². The Morgan fingerprint density at radius 1 is 0.559 bits per heavy atom. The van der Waals surface area contributed by atoms with Crippen LogP contribution in [0.4, 0.5) is 27.6 Å². The van der Waals surface area contributed by atoms with Crippen LogP contribution in [0.15, 0.2) is 4.99 Å². The quantitative estimate of drug-likeness (QED) is 0.147. The monoisotopic (exact) mass is 478 g/mol. The fourth-order valence-corrected chi connectivity index (χ4v) is 9.99. The number of aliphatic imine (C=N–C) groups is 1. The second-order valence-corrected chi connectivity index (χ2v) is 12.8. The summed E-state index contributed by atoms with van der Waals surface area (Å²) in [5.41, 5.74) is -1.68. The van der Waals surface area contributed by atoms with E-state index in [0.717, 1.165) is 57.8 Å². The summed E-state index contributed by atoms with van der Waals surface area (Å²) < 4.78 is 73.0. The van der Waals surface area contributed by atoms with E-state index < -0.39 is 40.3 Å². The minimum atomic E-state index is -2.10. The van der Waals surface area contributed by atoms with Crippen LogP contribution in [-0.2, 0) is 0 Å². The van der Waals surface area contributed by atoms with Crippen molar-refractivity contribution in [3.8, 4) is 0 Å². The van der Waals surface area contributed by atoms with Gasteiger partial charge in [-0.15, -0.1) is 0 Å². The summed E-state index contributed by atoms with van der Waals surface area (Å²) in [6.07, 6.45) is 13.7. The maximum absolute atomic E-state index is 15.2.